The molecule has 2 aromatic rings. The minimum Gasteiger partial charge on any atom is -0.497 e. The topological polar surface area (TPSA) is 75.7 Å². The zero-order valence-electron chi connectivity index (χ0n) is 13.9. The first-order chi connectivity index (χ1) is 12.0. The molecule has 1 heterocycles. The fourth-order valence-corrected chi connectivity index (χ4v) is 2.94. The summed E-state index contributed by atoms with van der Waals surface area (Å²) in [5.41, 5.74) is -0.257. The number of benzene rings is 2. The van der Waals surface area contributed by atoms with Gasteiger partial charge in [0, 0.05) is 11.3 Å². The molecule has 0 spiro atoms. The Labute approximate surface area is 145 Å². The van der Waals surface area contributed by atoms with E-state index in [4.69, 9.17) is 4.74 Å². The van der Waals surface area contributed by atoms with E-state index in [2.05, 4.69) is 5.32 Å². The third-order valence-electron chi connectivity index (χ3n) is 4.42. The van der Waals surface area contributed by atoms with Crippen molar-refractivity contribution >= 4 is 23.8 Å². The van der Waals surface area contributed by atoms with Gasteiger partial charge in [-0.3, -0.25) is 14.5 Å². The molecular weight excluding hydrogens is 320 g/mol. The van der Waals surface area contributed by atoms with Crippen LogP contribution in [0.5, 0.6) is 5.75 Å². The highest BCUT2D eigenvalue weighted by atomic mass is 16.5. The Kier molecular flexibility index (Phi) is 4.27. The monoisotopic (exact) mass is 338 g/mol. The van der Waals surface area contributed by atoms with Crippen molar-refractivity contribution in [1.82, 2.24) is 5.32 Å². The Balaban J connectivity index is 1.82. The number of β-lactam (4-membered cyclic amide) rings is 1. The predicted octanol–water partition coefficient (Wildman–Crippen LogP) is 1.80. The van der Waals surface area contributed by atoms with Gasteiger partial charge in [0.1, 0.15) is 23.6 Å². The fraction of sp³-hybridized carbons (Fsp3) is 0.211. The molecule has 2 aromatic carbocycles. The van der Waals surface area contributed by atoms with E-state index in [0.717, 1.165) is 0 Å². The molecular formula is C19H18N2O4. The molecule has 6 nitrogen and oxygen atoms in total. The van der Waals surface area contributed by atoms with Gasteiger partial charge >= 0.3 is 0 Å². The smallest absolute Gasteiger partial charge is 0.255 e. The number of nitrogens with one attached hydrogen (secondary N) is 1. The summed E-state index contributed by atoms with van der Waals surface area (Å²) in [6.45, 7) is 1.56. The van der Waals surface area contributed by atoms with Gasteiger partial charge in [0.05, 0.1) is 7.11 Å². The SMILES string of the molecule is COc1ccc(N2C(=O)[C@](C)(NC(=O)c3ccccc3)[C@H]2C=O)cc1. The number of carbonyl (C=O) groups excluding carboxylic acids is 3. The summed E-state index contributed by atoms with van der Waals surface area (Å²) in [7, 11) is 1.55. The zero-order chi connectivity index (χ0) is 18.0. The molecule has 0 radical (unpaired) electrons. The molecule has 1 fully saturated rings. The Hall–Kier alpha value is -3.15. The van der Waals surface area contributed by atoms with E-state index < -0.39 is 17.5 Å². The summed E-state index contributed by atoms with van der Waals surface area (Å²) in [5, 5.41) is 2.70. The molecule has 2 amide bonds. The van der Waals surface area contributed by atoms with Gasteiger partial charge in [0.15, 0.2) is 0 Å². The number of nitrogens with zero attached hydrogens (tertiary/aromatic N) is 1. The molecule has 0 aromatic heterocycles. The van der Waals surface area contributed by atoms with Gasteiger partial charge in [-0.2, -0.15) is 0 Å². The molecule has 1 aliphatic heterocycles. The highest BCUT2D eigenvalue weighted by molar-refractivity contribution is 6.16. The minimum atomic E-state index is -1.27. The number of amides is 2. The van der Waals surface area contributed by atoms with Crippen LogP contribution in [0.25, 0.3) is 0 Å². The molecule has 2 atom stereocenters. The molecule has 6 heteroatoms. The summed E-state index contributed by atoms with van der Waals surface area (Å²) < 4.78 is 5.09. The number of anilines is 1. The van der Waals surface area contributed by atoms with Crippen molar-refractivity contribution in [1.29, 1.82) is 0 Å². The van der Waals surface area contributed by atoms with E-state index in [0.29, 0.717) is 23.3 Å². The van der Waals surface area contributed by atoms with E-state index in [9.17, 15) is 14.4 Å². The second kappa shape index (κ2) is 6.39. The molecule has 25 heavy (non-hydrogen) atoms. The quantitative estimate of drug-likeness (QED) is 0.666. The molecule has 128 valence electrons. The number of rotatable bonds is 5. The van der Waals surface area contributed by atoms with Crippen LogP contribution in [0.2, 0.25) is 0 Å². The predicted molar refractivity (Wildman–Crippen MR) is 92.6 cm³/mol. The maximum atomic E-state index is 12.7. The Morgan fingerprint density at radius 1 is 1.16 bits per heavy atom. The first-order valence-corrected chi connectivity index (χ1v) is 7.82. The standard InChI is InChI=1S/C19H18N2O4/c1-19(20-17(23)13-6-4-3-5-7-13)16(12-22)21(18(19)24)14-8-10-15(25-2)11-9-14/h3-12,16H,1-2H3,(H,20,23)/t16-,19-/m1/s1. The molecule has 1 aliphatic rings. The molecule has 0 bridgehead atoms. The van der Waals surface area contributed by atoms with Gasteiger partial charge in [-0.1, -0.05) is 18.2 Å². The van der Waals surface area contributed by atoms with Crippen molar-refractivity contribution in [3.8, 4) is 5.75 Å². The Morgan fingerprint density at radius 3 is 2.36 bits per heavy atom. The minimum absolute atomic E-state index is 0.334. The molecule has 0 saturated carbocycles. The van der Waals surface area contributed by atoms with Crippen LogP contribution in [-0.2, 0) is 9.59 Å². The molecule has 0 aliphatic carbocycles. The maximum Gasteiger partial charge on any atom is 0.255 e. The van der Waals surface area contributed by atoms with Crippen LogP contribution in [0.15, 0.2) is 54.6 Å². The Morgan fingerprint density at radius 2 is 1.80 bits per heavy atom. The lowest BCUT2D eigenvalue weighted by Crippen LogP contribution is -2.80. The van der Waals surface area contributed by atoms with E-state index in [1.54, 1.807) is 68.6 Å². The average Bonchev–Trinajstić information content (AvgIpc) is 2.66. The van der Waals surface area contributed by atoms with Gasteiger partial charge in [-0.15, -0.1) is 0 Å². The second-order valence-corrected chi connectivity index (χ2v) is 5.98. The van der Waals surface area contributed by atoms with Crippen LogP contribution in [0, 0.1) is 0 Å². The molecule has 0 unspecified atom stereocenters. The lowest BCUT2D eigenvalue weighted by Gasteiger charge is -2.51. The van der Waals surface area contributed by atoms with Crippen LogP contribution >= 0.6 is 0 Å². The number of aldehydes is 1. The summed E-state index contributed by atoms with van der Waals surface area (Å²) >= 11 is 0. The third kappa shape index (κ3) is 2.76. The van der Waals surface area contributed by atoms with Crippen LogP contribution in [-0.4, -0.2) is 36.8 Å². The van der Waals surface area contributed by atoms with E-state index in [-0.39, 0.29) is 5.91 Å². The highest BCUT2D eigenvalue weighted by Gasteiger charge is 2.59. The normalized spacial score (nSPS) is 22.1. The third-order valence-corrected chi connectivity index (χ3v) is 4.42. The zero-order valence-corrected chi connectivity index (χ0v) is 13.9. The van der Waals surface area contributed by atoms with Crippen molar-refractivity contribution in [3.05, 3.63) is 60.2 Å². The molecule has 3 rings (SSSR count). The Bertz CT molecular complexity index is 804. The van der Waals surface area contributed by atoms with Gasteiger partial charge in [-0.05, 0) is 43.3 Å². The van der Waals surface area contributed by atoms with Gasteiger partial charge in [0.25, 0.3) is 11.8 Å². The lowest BCUT2D eigenvalue weighted by molar-refractivity contribution is -0.136. The molecule has 1 N–H and O–H groups in total. The first-order valence-electron chi connectivity index (χ1n) is 7.82. The number of carbonyl (C=O) groups is 3. The van der Waals surface area contributed by atoms with Crippen molar-refractivity contribution < 1.29 is 19.1 Å². The van der Waals surface area contributed by atoms with Gasteiger partial charge in [0.2, 0.25) is 0 Å². The summed E-state index contributed by atoms with van der Waals surface area (Å²) in [6.07, 6.45) is 0.677. The number of hydrogen-bond acceptors (Lipinski definition) is 4. The van der Waals surface area contributed by atoms with Crippen molar-refractivity contribution in [2.24, 2.45) is 0 Å². The number of ether oxygens (including phenoxy) is 1. The molecule has 1 saturated heterocycles. The maximum absolute atomic E-state index is 12.7. The van der Waals surface area contributed by atoms with Gasteiger partial charge in [-0.25, -0.2) is 0 Å². The summed E-state index contributed by atoms with van der Waals surface area (Å²) in [6, 6.07) is 14.6. The lowest BCUT2D eigenvalue weighted by atomic mass is 9.80. The highest BCUT2D eigenvalue weighted by Crippen LogP contribution is 2.35. The van der Waals surface area contributed by atoms with Crippen LogP contribution in [0.1, 0.15) is 17.3 Å². The van der Waals surface area contributed by atoms with Crippen LogP contribution in [0.4, 0.5) is 5.69 Å². The first kappa shape index (κ1) is 16.7. The second-order valence-electron chi connectivity index (χ2n) is 5.98. The van der Waals surface area contributed by atoms with Crippen LogP contribution in [0.3, 0.4) is 0 Å². The number of methoxy groups -OCH3 is 1. The van der Waals surface area contributed by atoms with E-state index >= 15 is 0 Å². The largest absolute Gasteiger partial charge is 0.497 e. The van der Waals surface area contributed by atoms with Crippen LogP contribution < -0.4 is 15.0 Å². The summed E-state index contributed by atoms with van der Waals surface area (Å²) in [4.78, 5) is 38.0. The van der Waals surface area contributed by atoms with Gasteiger partial charge < -0.3 is 14.8 Å². The van der Waals surface area contributed by atoms with E-state index in [1.165, 1.54) is 4.90 Å². The average molecular weight is 338 g/mol. The summed E-state index contributed by atoms with van der Waals surface area (Å²) in [5.74, 6) is -0.0729. The number of hydrogen-bond donors (Lipinski definition) is 1. The van der Waals surface area contributed by atoms with Crippen molar-refractivity contribution in [2.45, 2.75) is 18.5 Å². The van der Waals surface area contributed by atoms with Crippen molar-refractivity contribution in [2.75, 3.05) is 12.0 Å². The van der Waals surface area contributed by atoms with Crippen molar-refractivity contribution in [3.63, 3.8) is 0 Å². The fourth-order valence-electron chi connectivity index (χ4n) is 2.94. The van der Waals surface area contributed by atoms with E-state index in [1.807, 2.05) is 0 Å².